The van der Waals surface area contributed by atoms with Crippen molar-refractivity contribution in [2.75, 3.05) is 5.32 Å². The molecule has 1 heterocycles. The highest BCUT2D eigenvalue weighted by molar-refractivity contribution is 5.48. The minimum absolute atomic E-state index is 0.120. The lowest BCUT2D eigenvalue weighted by molar-refractivity contribution is -0.0498. The molecule has 1 aromatic carbocycles. The van der Waals surface area contributed by atoms with Crippen molar-refractivity contribution in [3.63, 3.8) is 0 Å². The van der Waals surface area contributed by atoms with Gasteiger partial charge in [0.05, 0.1) is 18.4 Å². The van der Waals surface area contributed by atoms with E-state index in [1.165, 1.54) is 12.1 Å². The number of nitrogens with one attached hydrogen (secondary N) is 1. The first-order valence-electron chi connectivity index (χ1n) is 5.27. The minimum Gasteiger partial charge on any atom is -0.435 e. The first kappa shape index (κ1) is 12.2. The largest absolute Gasteiger partial charge is 0.435 e. The van der Waals surface area contributed by atoms with Crippen molar-refractivity contribution < 1.29 is 13.5 Å². The van der Waals surface area contributed by atoms with Gasteiger partial charge in [-0.1, -0.05) is 6.07 Å². The van der Waals surface area contributed by atoms with E-state index in [1.807, 2.05) is 0 Å². The summed E-state index contributed by atoms with van der Waals surface area (Å²) in [4.78, 5) is 8.02. The van der Waals surface area contributed by atoms with Crippen LogP contribution < -0.4 is 10.1 Å². The molecule has 0 radical (unpaired) electrons. The van der Waals surface area contributed by atoms with Crippen molar-refractivity contribution in [1.29, 1.82) is 0 Å². The second-order valence-electron chi connectivity index (χ2n) is 3.46. The highest BCUT2D eigenvalue weighted by atomic mass is 19.3. The van der Waals surface area contributed by atoms with Gasteiger partial charge in [-0.25, -0.2) is 0 Å². The van der Waals surface area contributed by atoms with Crippen LogP contribution in [0.25, 0.3) is 0 Å². The van der Waals surface area contributed by atoms with Gasteiger partial charge < -0.3 is 10.1 Å². The number of anilines is 1. The molecular formula is C12H11F2N3O. The third-order valence-corrected chi connectivity index (χ3v) is 2.15. The van der Waals surface area contributed by atoms with Crippen LogP contribution in [0, 0.1) is 0 Å². The maximum absolute atomic E-state index is 12.0. The normalized spacial score (nSPS) is 10.4. The maximum Gasteiger partial charge on any atom is 0.387 e. The topological polar surface area (TPSA) is 47.0 Å². The van der Waals surface area contributed by atoms with E-state index >= 15 is 0 Å². The molecule has 0 bridgehead atoms. The Balaban J connectivity index is 1.97. The van der Waals surface area contributed by atoms with Gasteiger partial charge in [0.25, 0.3) is 0 Å². The molecule has 6 heteroatoms. The number of alkyl halides is 2. The zero-order valence-electron chi connectivity index (χ0n) is 9.38. The van der Waals surface area contributed by atoms with E-state index in [1.54, 1.807) is 30.7 Å². The zero-order chi connectivity index (χ0) is 12.8. The summed E-state index contributed by atoms with van der Waals surface area (Å²) in [7, 11) is 0. The predicted octanol–water partition coefficient (Wildman–Crippen LogP) is 2.69. The van der Waals surface area contributed by atoms with Crippen molar-refractivity contribution in [2.45, 2.75) is 13.2 Å². The minimum atomic E-state index is -2.82. The van der Waals surface area contributed by atoms with Gasteiger partial charge in [0.2, 0.25) is 0 Å². The van der Waals surface area contributed by atoms with Crippen molar-refractivity contribution in [2.24, 2.45) is 0 Å². The molecule has 18 heavy (non-hydrogen) atoms. The van der Waals surface area contributed by atoms with Gasteiger partial charge in [0.15, 0.2) is 0 Å². The Labute approximate surface area is 103 Å². The Bertz CT molecular complexity index is 494. The van der Waals surface area contributed by atoms with Crippen molar-refractivity contribution >= 4 is 5.69 Å². The molecule has 94 valence electrons. The SMILES string of the molecule is FC(F)Oc1cccc(NCc2cnccn2)c1. The summed E-state index contributed by atoms with van der Waals surface area (Å²) < 4.78 is 28.4. The number of hydrogen-bond donors (Lipinski definition) is 1. The highest BCUT2D eigenvalue weighted by Gasteiger charge is 2.04. The predicted molar refractivity (Wildman–Crippen MR) is 62.4 cm³/mol. The number of hydrogen-bond acceptors (Lipinski definition) is 4. The third-order valence-electron chi connectivity index (χ3n) is 2.15. The summed E-state index contributed by atoms with van der Waals surface area (Å²) >= 11 is 0. The summed E-state index contributed by atoms with van der Waals surface area (Å²) in [6.45, 7) is -2.35. The average Bonchev–Trinajstić information content (AvgIpc) is 2.37. The van der Waals surface area contributed by atoms with E-state index in [4.69, 9.17) is 0 Å². The summed E-state index contributed by atoms with van der Waals surface area (Å²) in [6, 6.07) is 6.37. The number of aromatic nitrogens is 2. The number of benzene rings is 1. The molecule has 4 nitrogen and oxygen atoms in total. The van der Waals surface area contributed by atoms with Gasteiger partial charge in [-0.3, -0.25) is 9.97 Å². The first-order valence-corrected chi connectivity index (χ1v) is 5.27. The number of ether oxygens (including phenoxy) is 1. The van der Waals surface area contributed by atoms with Gasteiger partial charge in [-0.2, -0.15) is 8.78 Å². The molecule has 0 aliphatic heterocycles. The fourth-order valence-corrected chi connectivity index (χ4v) is 1.40. The molecule has 0 fully saturated rings. The van der Waals surface area contributed by atoms with Crippen LogP contribution in [0.1, 0.15) is 5.69 Å². The second kappa shape index (κ2) is 5.90. The van der Waals surface area contributed by atoms with Crippen LogP contribution in [-0.2, 0) is 6.54 Å². The number of nitrogens with zero attached hydrogens (tertiary/aromatic N) is 2. The van der Waals surface area contributed by atoms with Crippen LogP contribution in [0.15, 0.2) is 42.9 Å². The van der Waals surface area contributed by atoms with Crippen LogP contribution >= 0.6 is 0 Å². The summed E-state index contributed by atoms with van der Waals surface area (Å²) in [5.41, 5.74) is 1.44. The maximum atomic E-state index is 12.0. The van der Waals surface area contributed by atoms with E-state index in [9.17, 15) is 8.78 Å². The lowest BCUT2D eigenvalue weighted by atomic mass is 10.3. The molecule has 0 saturated carbocycles. The Kier molecular flexibility index (Phi) is 4.01. The van der Waals surface area contributed by atoms with E-state index in [0.29, 0.717) is 12.2 Å². The fourth-order valence-electron chi connectivity index (χ4n) is 1.40. The molecule has 0 unspecified atom stereocenters. The summed E-state index contributed by atoms with van der Waals surface area (Å²) in [5, 5.41) is 3.05. The molecule has 0 aliphatic rings. The lowest BCUT2D eigenvalue weighted by Crippen LogP contribution is -2.04. The van der Waals surface area contributed by atoms with E-state index < -0.39 is 6.61 Å². The second-order valence-corrected chi connectivity index (χ2v) is 3.46. The number of halogens is 2. The van der Waals surface area contributed by atoms with Crippen LogP contribution in [0.4, 0.5) is 14.5 Å². The van der Waals surface area contributed by atoms with E-state index in [2.05, 4.69) is 20.0 Å². The molecular weight excluding hydrogens is 240 g/mol. The van der Waals surface area contributed by atoms with Crippen LogP contribution in [0.5, 0.6) is 5.75 Å². The van der Waals surface area contributed by atoms with Gasteiger partial charge in [-0.15, -0.1) is 0 Å². The van der Waals surface area contributed by atoms with E-state index in [0.717, 1.165) is 5.69 Å². The van der Waals surface area contributed by atoms with Gasteiger partial charge in [-0.05, 0) is 12.1 Å². The summed E-state index contributed by atoms with van der Waals surface area (Å²) in [5.74, 6) is 0.120. The molecule has 2 rings (SSSR count). The molecule has 0 spiro atoms. The fraction of sp³-hybridized carbons (Fsp3) is 0.167. The van der Waals surface area contributed by atoms with E-state index in [-0.39, 0.29) is 5.75 Å². The smallest absolute Gasteiger partial charge is 0.387 e. The highest BCUT2D eigenvalue weighted by Crippen LogP contribution is 2.19. The quantitative estimate of drug-likeness (QED) is 0.887. The third kappa shape index (κ3) is 3.65. The molecule has 0 aliphatic carbocycles. The summed E-state index contributed by atoms with van der Waals surface area (Å²) in [6.07, 6.45) is 4.81. The number of rotatable bonds is 5. The molecule has 2 aromatic rings. The Hall–Kier alpha value is -2.24. The van der Waals surface area contributed by atoms with Gasteiger partial charge in [0, 0.05) is 24.1 Å². The lowest BCUT2D eigenvalue weighted by Gasteiger charge is -2.08. The zero-order valence-corrected chi connectivity index (χ0v) is 9.38. The van der Waals surface area contributed by atoms with Crippen LogP contribution in [0.2, 0.25) is 0 Å². The molecule has 0 saturated heterocycles. The monoisotopic (exact) mass is 251 g/mol. The standard InChI is InChI=1S/C12H11F2N3O/c13-12(14)18-11-3-1-2-9(6-11)17-8-10-7-15-4-5-16-10/h1-7,12,17H,8H2. The van der Waals surface area contributed by atoms with Gasteiger partial charge in [0.1, 0.15) is 5.75 Å². The van der Waals surface area contributed by atoms with Gasteiger partial charge >= 0.3 is 6.61 Å². The van der Waals surface area contributed by atoms with Crippen molar-refractivity contribution in [3.05, 3.63) is 48.5 Å². The van der Waals surface area contributed by atoms with Crippen LogP contribution in [-0.4, -0.2) is 16.6 Å². The van der Waals surface area contributed by atoms with Crippen molar-refractivity contribution in [3.8, 4) is 5.75 Å². The first-order chi connectivity index (χ1) is 8.74. The Morgan fingerprint density at radius 1 is 1.28 bits per heavy atom. The Morgan fingerprint density at radius 2 is 2.17 bits per heavy atom. The van der Waals surface area contributed by atoms with Crippen molar-refractivity contribution in [1.82, 2.24) is 9.97 Å². The molecule has 1 aromatic heterocycles. The molecule has 0 atom stereocenters. The molecule has 0 amide bonds. The average molecular weight is 251 g/mol. The Morgan fingerprint density at radius 3 is 2.89 bits per heavy atom. The van der Waals surface area contributed by atoms with Crippen LogP contribution in [0.3, 0.4) is 0 Å². The molecule has 1 N–H and O–H groups in total.